The second-order valence-electron chi connectivity index (χ2n) is 3.75. The fraction of sp³-hybridized carbons (Fsp3) is 0. The molecule has 0 saturated heterocycles. The van der Waals surface area contributed by atoms with Crippen LogP contribution in [0.1, 0.15) is 15.9 Å². The quantitative estimate of drug-likeness (QED) is 0.462. The van der Waals surface area contributed by atoms with E-state index in [2.05, 4.69) is 0 Å². The van der Waals surface area contributed by atoms with Gasteiger partial charge in [-0.3, -0.25) is 4.79 Å². The third-order valence-corrected chi connectivity index (χ3v) is 2.57. The SMILES string of the molecule is N#CC=C(C(=O)c1ccccc1)c1ccccc1. The maximum atomic E-state index is 12.3. The molecule has 0 spiro atoms. The number of hydrogen-bond acceptors (Lipinski definition) is 2. The number of ketones is 1. The monoisotopic (exact) mass is 233 g/mol. The predicted octanol–water partition coefficient (Wildman–Crippen LogP) is 3.48. The highest BCUT2D eigenvalue weighted by molar-refractivity contribution is 6.29. The van der Waals surface area contributed by atoms with Crippen LogP contribution in [0.3, 0.4) is 0 Å². The third-order valence-electron chi connectivity index (χ3n) is 2.57. The summed E-state index contributed by atoms with van der Waals surface area (Å²) < 4.78 is 0. The molecule has 0 amide bonds. The molecule has 2 aromatic rings. The van der Waals surface area contributed by atoms with E-state index in [0.29, 0.717) is 11.1 Å². The molecule has 0 aliphatic heterocycles. The van der Waals surface area contributed by atoms with E-state index in [4.69, 9.17) is 5.26 Å². The summed E-state index contributed by atoms with van der Waals surface area (Å²) in [5, 5.41) is 8.82. The minimum Gasteiger partial charge on any atom is -0.289 e. The van der Waals surface area contributed by atoms with Crippen molar-refractivity contribution < 1.29 is 4.79 Å². The van der Waals surface area contributed by atoms with Crippen LogP contribution in [-0.4, -0.2) is 5.78 Å². The van der Waals surface area contributed by atoms with Crippen molar-refractivity contribution in [1.29, 1.82) is 5.26 Å². The molecule has 0 N–H and O–H groups in total. The van der Waals surface area contributed by atoms with Gasteiger partial charge < -0.3 is 0 Å². The molecule has 2 nitrogen and oxygen atoms in total. The minimum atomic E-state index is -0.136. The van der Waals surface area contributed by atoms with E-state index >= 15 is 0 Å². The van der Waals surface area contributed by atoms with Crippen LogP contribution in [0.5, 0.6) is 0 Å². The van der Waals surface area contributed by atoms with Crippen LogP contribution in [0.2, 0.25) is 0 Å². The van der Waals surface area contributed by atoms with Crippen molar-refractivity contribution in [3.8, 4) is 6.07 Å². The molecule has 0 heterocycles. The molecular formula is C16H11NO. The summed E-state index contributed by atoms with van der Waals surface area (Å²) in [6, 6.07) is 20.1. The zero-order valence-electron chi connectivity index (χ0n) is 9.71. The fourth-order valence-electron chi connectivity index (χ4n) is 1.71. The lowest BCUT2D eigenvalue weighted by molar-refractivity contribution is 0.105. The zero-order valence-corrected chi connectivity index (χ0v) is 9.71. The third kappa shape index (κ3) is 2.53. The molecule has 0 aromatic heterocycles. The summed E-state index contributed by atoms with van der Waals surface area (Å²) >= 11 is 0. The summed E-state index contributed by atoms with van der Waals surface area (Å²) in [6.07, 6.45) is 1.30. The Morgan fingerprint density at radius 2 is 1.39 bits per heavy atom. The minimum absolute atomic E-state index is 0.136. The van der Waals surface area contributed by atoms with E-state index in [-0.39, 0.29) is 5.78 Å². The highest BCUT2D eigenvalue weighted by atomic mass is 16.1. The molecule has 18 heavy (non-hydrogen) atoms. The van der Waals surface area contributed by atoms with Crippen molar-refractivity contribution >= 4 is 11.4 Å². The highest BCUT2D eigenvalue weighted by Crippen LogP contribution is 2.19. The largest absolute Gasteiger partial charge is 0.289 e. The summed E-state index contributed by atoms with van der Waals surface area (Å²) in [5.74, 6) is -0.136. The standard InChI is InChI=1S/C16H11NO/c17-12-11-15(13-7-3-1-4-8-13)16(18)14-9-5-2-6-10-14/h1-11H. The predicted molar refractivity (Wildman–Crippen MR) is 70.8 cm³/mol. The second-order valence-corrected chi connectivity index (χ2v) is 3.75. The number of Topliss-reactive ketones (excluding diaryl/α,β-unsaturated/α-hetero) is 1. The maximum Gasteiger partial charge on any atom is 0.194 e. The Bertz CT molecular complexity index is 607. The van der Waals surface area contributed by atoms with Crippen molar-refractivity contribution in [2.24, 2.45) is 0 Å². The molecule has 0 radical (unpaired) electrons. The number of carbonyl (C=O) groups excluding carboxylic acids is 1. The summed E-state index contributed by atoms with van der Waals surface area (Å²) in [7, 11) is 0. The average Bonchev–Trinajstić information content (AvgIpc) is 2.46. The molecule has 0 saturated carbocycles. The average molecular weight is 233 g/mol. The highest BCUT2D eigenvalue weighted by Gasteiger charge is 2.13. The van der Waals surface area contributed by atoms with Gasteiger partial charge in [0.25, 0.3) is 0 Å². The van der Waals surface area contributed by atoms with Crippen molar-refractivity contribution in [3.05, 3.63) is 77.9 Å². The first-order chi connectivity index (χ1) is 8.83. The van der Waals surface area contributed by atoms with Crippen molar-refractivity contribution in [3.63, 3.8) is 0 Å². The number of nitriles is 1. The number of allylic oxidation sites excluding steroid dienone is 2. The molecule has 2 heteroatoms. The van der Waals surface area contributed by atoms with Crippen LogP contribution < -0.4 is 0 Å². The first kappa shape index (κ1) is 11.8. The van der Waals surface area contributed by atoms with Crippen LogP contribution >= 0.6 is 0 Å². The van der Waals surface area contributed by atoms with Crippen LogP contribution in [-0.2, 0) is 0 Å². The second kappa shape index (κ2) is 5.60. The number of hydrogen-bond donors (Lipinski definition) is 0. The van der Waals surface area contributed by atoms with Gasteiger partial charge in [-0.1, -0.05) is 60.7 Å². The lowest BCUT2D eigenvalue weighted by Gasteiger charge is -2.05. The molecule has 0 unspecified atom stereocenters. The molecule has 2 aromatic carbocycles. The van der Waals surface area contributed by atoms with Crippen molar-refractivity contribution in [1.82, 2.24) is 0 Å². The van der Waals surface area contributed by atoms with Crippen molar-refractivity contribution in [2.75, 3.05) is 0 Å². The van der Waals surface area contributed by atoms with Crippen molar-refractivity contribution in [2.45, 2.75) is 0 Å². The van der Waals surface area contributed by atoms with E-state index in [1.165, 1.54) is 6.08 Å². The molecule has 0 bridgehead atoms. The maximum absolute atomic E-state index is 12.3. The van der Waals surface area contributed by atoms with Crippen LogP contribution in [0, 0.1) is 11.3 Å². The zero-order chi connectivity index (χ0) is 12.8. The first-order valence-corrected chi connectivity index (χ1v) is 5.58. The number of nitrogens with zero attached hydrogens (tertiary/aromatic N) is 1. The topological polar surface area (TPSA) is 40.9 Å². The first-order valence-electron chi connectivity index (χ1n) is 5.58. The van der Waals surface area contributed by atoms with Gasteiger partial charge in [0.05, 0.1) is 6.07 Å². The van der Waals surface area contributed by atoms with Gasteiger partial charge in [0.2, 0.25) is 0 Å². The molecule has 0 atom stereocenters. The van der Waals surface area contributed by atoms with Crippen LogP contribution in [0.15, 0.2) is 66.7 Å². The van der Waals surface area contributed by atoms with Gasteiger partial charge >= 0.3 is 0 Å². The van der Waals surface area contributed by atoms with Crippen LogP contribution in [0.4, 0.5) is 0 Å². The van der Waals surface area contributed by atoms with Gasteiger partial charge in [-0.15, -0.1) is 0 Å². The lowest BCUT2D eigenvalue weighted by Crippen LogP contribution is -2.02. The van der Waals surface area contributed by atoms with E-state index in [9.17, 15) is 4.79 Å². The normalized spacial score (nSPS) is 10.7. The molecular weight excluding hydrogens is 222 g/mol. The molecule has 0 fully saturated rings. The van der Waals surface area contributed by atoms with Gasteiger partial charge in [0.1, 0.15) is 0 Å². The van der Waals surface area contributed by atoms with Gasteiger partial charge in [0, 0.05) is 17.2 Å². The summed E-state index contributed by atoms with van der Waals surface area (Å²) in [6.45, 7) is 0. The van der Waals surface area contributed by atoms with E-state index in [1.54, 1.807) is 12.1 Å². The summed E-state index contributed by atoms with van der Waals surface area (Å²) in [4.78, 5) is 12.3. The Morgan fingerprint density at radius 3 is 1.89 bits per heavy atom. The van der Waals surface area contributed by atoms with Gasteiger partial charge in [0.15, 0.2) is 5.78 Å². The Hall–Kier alpha value is -2.66. The van der Waals surface area contributed by atoms with Gasteiger partial charge in [-0.25, -0.2) is 0 Å². The summed E-state index contributed by atoms with van der Waals surface area (Å²) in [5.41, 5.74) is 1.76. The van der Waals surface area contributed by atoms with E-state index in [1.807, 2.05) is 54.6 Å². The van der Waals surface area contributed by atoms with E-state index in [0.717, 1.165) is 5.56 Å². The molecule has 0 aliphatic rings. The molecule has 2 rings (SSSR count). The Kier molecular flexibility index (Phi) is 3.68. The van der Waals surface area contributed by atoms with Crippen LogP contribution in [0.25, 0.3) is 5.57 Å². The Labute approximate surface area is 106 Å². The van der Waals surface area contributed by atoms with Gasteiger partial charge in [-0.05, 0) is 5.56 Å². The number of benzene rings is 2. The Morgan fingerprint density at radius 1 is 0.889 bits per heavy atom. The van der Waals surface area contributed by atoms with Gasteiger partial charge in [-0.2, -0.15) is 5.26 Å². The number of rotatable bonds is 3. The number of carbonyl (C=O) groups is 1. The smallest absolute Gasteiger partial charge is 0.194 e. The van der Waals surface area contributed by atoms with E-state index < -0.39 is 0 Å². The molecule has 86 valence electrons. The molecule has 0 aliphatic carbocycles. The lowest BCUT2D eigenvalue weighted by atomic mass is 9.97. The Balaban J connectivity index is 2.43. The fourth-order valence-corrected chi connectivity index (χ4v) is 1.71.